The number of hydrogen-bond acceptors (Lipinski definition) is 4. The van der Waals surface area contributed by atoms with Gasteiger partial charge in [0.05, 0.1) is 18.9 Å². The fourth-order valence-corrected chi connectivity index (χ4v) is 2.67. The van der Waals surface area contributed by atoms with E-state index >= 15 is 0 Å². The smallest absolute Gasteiger partial charge is 0.280 e. The number of carbonyl (C=O) groups is 1. The van der Waals surface area contributed by atoms with Crippen LogP contribution in [0.1, 0.15) is 16.1 Å². The third kappa shape index (κ3) is 3.60. The van der Waals surface area contributed by atoms with Gasteiger partial charge in [-0.05, 0) is 36.8 Å². The summed E-state index contributed by atoms with van der Waals surface area (Å²) < 4.78 is 6.35. The second-order valence-electron chi connectivity index (χ2n) is 5.56. The molecule has 0 saturated carbocycles. The van der Waals surface area contributed by atoms with Crippen LogP contribution in [0.2, 0.25) is 5.02 Å². The van der Waals surface area contributed by atoms with Gasteiger partial charge in [-0.3, -0.25) is 9.59 Å². The Kier molecular flexibility index (Phi) is 5.04. The topological polar surface area (TPSA) is 73.2 Å². The molecule has 2 aromatic carbocycles. The zero-order valence-corrected chi connectivity index (χ0v) is 14.9. The van der Waals surface area contributed by atoms with Crippen molar-refractivity contribution in [1.82, 2.24) is 9.78 Å². The molecule has 0 bridgehead atoms. The molecular formula is C19H16ClN3O3. The number of nitrogens with zero attached hydrogens (tertiary/aromatic N) is 2. The van der Waals surface area contributed by atoms with Gasteiger partial charge in [0, 0.05) is 10.7 Å². The minimum absolute atomic E-state index is 0.00433. The molecule has 3 aromatic rings. The third-order valence-corrected chi connectivity index (χ3v) is 3.99. The standard InChI is InChI=1S/C19H16ClN3O3/c1-12-6-3-4-9-15(12)23-17(24)11-16(26-2)18(22-23)19(25)21-14-8-5-7-13(20)10-14/h3-11H,1-2H3,(H,21,25). The van der Waals surface area contributed by atoms with Crippen LogP contribution >= 0.6 is 11.6 Å². The average Bonchev–Trinajstić information content (AvgIpc) is 2.62. The lowest BCUT2D eigenvalue weighted by Crippen LogP contribution is -2.26. The molecular weight excluding hydrogens is 354 g/mol. The van der Waals surface area contributed by atoms with E-state index in [1.807, 2.05) is 19.1 Å². The van der Waals surface area contributed by atoms with Crippen LogP contribution in [-0.2, 0) is 0 Å². The summed E-state index contributed by atoms with van der Waals surface area (Å²) in [5.74, 6) is -0.411. The van der Waals surface area contributed by atoms with Gasteiger partial charge < -0.3 is 10.1 Å². The third-order valence-electron chi connectivity index (χ3n) is 3.76. The van der Waals surface area contributed by atoms with E-state index in [4.69, 9.17) is 16.3 Å². The molecule has 0 aliphatic carbocycles. The fraction of sp³-hybridized carbons (Fsp3) is 0.105. The molecule has 3 rings (SSSR count). The molecule has 6 nitrogen and oxygen atoms in total. The van der Waals surface area contributed by atoms with Crippen molar-refractivity contribution in [3.8, 4) is 11.4 Å². The maximum absolute atomic E-state index is 12.7. The van der Waals surface area contributed by atoms with Gasteiger partial charge in [-0.2, -0.15) is 9.78 Å². The van der Waals surface area contributed by atoms with Gasteiger partial charge in [-0.15, -0.1) is 0 Å². The molecule has 0 aliphatic rings. The Morgan fingerprint density at radius 1 is 1.15 bits per heavy atom. The highest BCUT2D eigenvalue weighted by molar-refractivity contribution is 6.30. The molecule has 7 heteroatoms. The molecule has 1 aromatic heterocycles. The average molecular weight is 370 g/mol. The number of methoxy groups -OCH3 is 1. The van der Waals surface area contributed by atoms with Gasteiger partial charge >= 0.3 is 0 Å². The van der Waals surface area contributed by atoms with Crippen LogP contribution in [0.5, 0.6) is 5.75 Å². The number of amides is 1. The van der Waals surface area contributed by atoms with E-state index in [2.05, 4.69) is 10.4 Å². The minimum atomic E-state index is -0.508. The molecule has 1 N–H and O–H groups in total. The summed E-state index contributed by atoms with van der Waals surface area (Å²) in [6.07, 6.45) is 0. The van der Waals surface area contributed by atoms with E-state index in [0.717, 1.165) is 5.56 Å². The van der Waals surface area contributed by atoms with Crippen LogP contribution in [-0.4, -0.2) is 22.8 Å². The lowest BCUT2D eigenvalue weighted by Gasteiger charge is -2.12. The van der Waals surface area contributed by atoms with E-state index in [9.17, 15) is 9.59 Å². The summed E-state index contributed by atoms with van der Waals surface area (Å²) in [5.41, 5.74) is 1.57. The fourth-order valence-electron chi connectivity index (χ4n) is 2.48. The molecule has 1 amide bonds. The second-order valence-corrected chi connectivity index (χ2v) is 6.00. The number of rotatable bonds is 4. The summed E-state index contributed by atoms with van der Waals surface area (Å²) in [5, 5.41) is 7.43. The molecule has 132 valence electrons. The highest BCUT2D eigenvalue weighted by Crippen LogP contribution is 2.19. The number of aryl methyl sites for hydroxylation is 1. The van der Waals surface area contributed by atoms with Crippen molar-refractivity contribution in [2.24, 2.45) is 0 Å². The SMILES string of the molecule is COc1cc(=O)n(-c2ccccc2C)nc1C(=O)Nc1cccc(Cl)c1. The first-order valence-corrected chi connectivity index (χ1v) is 8.18. The van der Waals surface area contributed by atoms with Crippen LogP contribution in [0.25, 0.3) is 5.69 Å². The molecule has 0 spiro atoms. The van der Waals surface area contributed by atoms with Crippen molar-refractivity contribution in [2.45, 2.75) is 6.92 Å². The monoisotopic (exact) mass is 369 g/mol. The van der Waals surface area contributed by atoms with E-state index in [0.29, 0.717) is 16.4 Å². The number of ether oxygens (including phenoxy) is 1. The Labute approximate surface area is 155 Å². The Hall–Kier alpha value is -3.12. The largest absolute Gasteiger partial charge is 0.494 e. The maximum Gasteiger partial charge on any atom is 0.280 e. The predicted molar refractivity (Wildman–Crippen MR) is 101 cm³/mol. The van der Waals surface area contributed by atoms with E-state index in [-0.39, 0.29) is 11.4 Å². The molecule has 26 heavy (non-hydrogen) atoms. The number of carbonyl (C=O) groups excluding carboxylic acids is 1. The van der Waals surface area contributed by atoms with Crippen molar-refractivity contribution < 1.29 is 9.53 Å². The highest BCUT2D eigenvalue weighted by Gasteiger charge is 2.19. The second kappa shape index (κ2) is 7.41. The number of hydrogen-bond donors (Lipinski definition) is 1. The van der Waals surface area contributed by atoms with Gasteiger partial charge in [0.15, 0.2) is 11.4 Å². The predicted octanol–water partition coefficient (Wildman–Crippen LogP) is 3.46. The van der Waals surface area contributed by atoms with Crippen LogP contribution in [0.3, 0.4) is 0 Å². The first-order chi connectivity index (χ1) is 12.5. The molecule has 0 atom stereocenters. The first kappa shape index (κ1) is 17.7. The van der Waals surface area contributed by atoms with Gasteiger partial charge in [0.25, 0.3) is 11.5 Å². The summed E-state index contributed by atoms with van der Waals surface area (Å²) >= 11 is 5.94. The van der Waals surface area contributed by atoms with Gasteiger partial charge in [0.1, 0.15) is 0 Å². The van der Waals surface area contributed by atoms with Crippen LogP contribution < -0.4 is 15.6 Å². The van der Waals surface area contributed by atoms with Crippen LogP contribution in [0.4, 0.5) is 5.69 Å². The Morgan fingerprint density at radius 2 is 1.92 bits per heavy atom. The molecule has 0 saturated heterocycles. The van der Waals surface area contributed by atoms with Crippen molar-refractivity contribution >= 4 is 23.2 Å². The first-order valence-electron chi connectivity index (χ1n) is 7.81. The summed E-state index contributed by atoms with van der Waals surface area (Å²) in [6.45, 7) is 1.86. The quantitative estimate of drug-likeness (QED) is 0.764. The number of anilines is 1. The van der Waals surface area contributed by atoms with Crippen molar-refractivity contribution in [3.05, 3.63) is 81.2 Å². The normalized spacial score (nSPS) is 10.4. The van der Waals surface area contributed by atoms with E-state index < -0.39 is 11.5 Å². The zero-order valence-electron chi connectivity index (χ0n) is 14.2. The molecule has 0 radical (unpaired) electrons. The number of halogens is 1. The molecule has 0 aliphatic heterocycles. The Bertz CT molecular complexity index is 1030. The molecule has 0 unspecified atom stereocenters. The number of benzene rings is 2. The minimum Gasteiger partial charge on any atom is -0.494 e. The Morgan fingerprint density at radius 3 is 2.62 bits per heavy atom. The van der Waals surface area contributed by atoms with Gasteiger partial charge in [0.2, 0.25) is 0 Å². The van der Waals surface area contributed by atoms with E-state index in [1.165, 1.54) is 17.9 Å². The van der Waals surface area contributed by atoms with Crippen molar-refractivity contribution in [2.75, 3.05) is 12.4 Å². The highest BCUT2D eigenvalue weighted by atomic mass is 35.5. The van der Waals surface area contributed by atoms with Crippen molar-refractivity contribution in [1.29, 1.82) is 0 Å². The Balaban J connectivity index is 2.06. The van der Waals surface area contributed by atoms with Crippen LogP contribution in [0.15, 0.2) is 59.4 Å². The molecule has 1 heterocycles. The summed E-state index contributed by atoms with van der Waals surface area (Å²) in [7, 11) is 1.38. The van der Waals surface area contributed by atoms with Gasteiger partial charge in [-0.1, -0.05) is 35.9 Å². The van der Waals surface area contributed by atoms with Crippen LogP contribution in [0, 0.1) is 6.92 Å². The van der Waals surface area contributed by atoms with Crippen molar-refractivity contribution in [3.63, 3.8) is 0 Å². The number of para-hydroxylation sites is 1. The summed E-state index contributed by atoms with van der Waals surface area (Å²) in [6, 6.07) is 15.3. The maximum atomic E-state index is 12.7. The number of nitrogens with one attached hydrogen (secondary N) is 1. The lowest BCUT2D eigenvalue weighted by atomic mass is 10.2. The zero-order chi connectivity index (χ0) is 18.7. The summed E-state index contributed by atoms with van der Waals surface area (Å²) in [4.78, 5) is 25.1. The van der Waals surface area contributed by atoms with E-state index in [1.54, 1.807) is 36.4 Å². The lowest BCUT2D eigenvalue weighted by molar-refractivity contribution is 0.101. The number of aromatic nitrogens is 2. The molecule has 0 fully saturated rings. The van der Waals surface area contributed by atoms with Gasteiger partial charge in [-0.25, -0.2) is 0 Å².